The van der Waals surface area contributed by atoms with Gasteiger partial charge in [0.1, 0.15) is 11.8 Å². The smallest absolute Gasteiger partial charge is 0.329 e. The summed E-state index contributed by atoms with van der Waals surface area (Å²) in [6.45, 7) is 5.37. The highest BCUT2D eigenvalue weighted by Crippen LogP contribution is 2.22. The predicted molar refractivity (Wildman–Crippen MR) is 88.6 cm³/mol. The van der Waals surface area contributed by atoms with E-state index in [1.807, 2.05) is 0 Å². The summed E-state index contributed by atoms with van der Waals surface area (Å²) in [5.41, 5.74) is 0.763. The van der Waals surface area contributed by atoms with Crippen LogP contribution in [0.15, 0.2) is 59.7 Å². The van der Waals surface area contributed by atoms with Gasteiger partial charge in [-0.25, -0.2) is 4.79 Å². The quantitative estimate of drug-likeness (QED) is 0.624. The largest absolute Gasteiger partial charge is 0.508 e. The number of nitrogens with zero attached hydrogens (tertiary/aromatic N) is 1. The van der Waals surface area contributed by atoms with Gasteiger partial charge in [-0.3, -0.25) is 9.69 Å². The second-order valence-corrected chi connectivity index (χ2v) is 5.00. The van der Waals surface area contributed by atoms with Crippen LogP contribution in [0.4, 0.5) is 5.88 Å². The van der Waals surface area contributed by atoms with Crippen LogP contribution in [-0.2, 0) is 20.7 Å². The monoisotopic (exact) mass is 329 g/mol. The fourth-order valence-electron chi connectivity index (χ4n) is 2.29. The number of carbonyl (C=O) groups is 2. The van der Waals surface area contributed by atoms with Crippen molar-refractivity contribution in [1.82, 2.24) is 0 Å². The molecule has 6 heteroatoms. The Labute approximate surface area is 140 Å². The molecule has 0 saturated heterocycles. The molecule has 0 aliphatic rings. The Hall–Kier alpha value is -3.02. The summed E-state index contributed by atoms with van der Waals surface area (Å²) in [6.07, 6.45) is 2.74. The van der Waals surface area contributed by atoms with Crippen LogP contribution >= 0.6 is 0 Å². The van der Waals surface area contributed by atoms with Gasteiger partial charge in [-0.2, -0.15) is 0 Å². The van der Waals surface area contributed by atoms with E-state index in [1.54, 1.807) is 31.2 Å². The van der Waals surface area contributed by atoms with E-state index in [-0.39, 0.29) is 24.7 Å². The minimum absolute atomic E-state index is 0.122. The second kappa shape index (κ2) is 8.01. The maximum absolute atomic E-state index is 12.4. The van der Waals surface area contributed by atoms with E-state index < -0.39 is 17.9 Å². The minimum atomic E-state index is -0.911. The third-order valence-corrected chi connectivity index (χ3v) is 3.39. The Bertz CT molecular complexity index is 691. The number of hydrogen-bond donors (Lipinski definition) is 1. The van der Waals surface area contributed by atoms with Gasteiger partial charge in [0.05, 0.1) is 12.9 Å². The Kier molecular flexibility index (Phi) is 5.78. The minimum Gasteiger partial charge on any atom is -0.508 e. The van der Waals surface area contributed by atoms with Gasteiger partial charge in [0.25, 0.3) is 5.91 Å². The van der Waals surface area contributed by atoms with Crippen molar-refractivity contribution < 1.29 is 23.8 Å². The van der Waals surface area contributed by atoms with Gasteiger partial charge in [0, 0.05) is 12.5 Å². The number of aromatic hydroxyl groups is 1. The Balaban J connectivity index is 2.38. The van der Waals surface area contributed by atoms with Crippen molar-refractivity contribution in [3.8, 4) is 5.75 Å². The first-order valence-corrected chi connectivity index (χ1v) is 7.50. The van der Waals surface area contributed by atoms with Crippen molar-refractivity contribution in [2.75, 3.05) is 11.5 Å². The fourth-order valence-corrected chi connectivity index (χ4v) is 2.29. The maximum atomic E-state index is 12.4. The molecule has 126 valence electrons. The zero-order valence-corrected chi connectivity index (χ0v) is 13.3. The topological polar surface area (TPSA) is 80.0 Å². The lowest BCUT2D eigenvalue weighted by Gasteiger charge is -2.27. The average Bonchev–Trinajstić information content (AvgIpc) is 3.10. The van der Waals surface area contributed by atoms with Crippen molar-refractivity contribution in [3.63, 3.8) is 0 Å². The lowest BCUT2D eigenvalue weighted by atomic mass is 10.0. The fraction of sp³-hybridized carbons (Fsp3) is 0.222. The van der Waals surface area contributed by atoms with E-state index in [2.05, 4.69) is 6.58 Å². The first-order valence-electron chi connectivity index (χ1n) is 7.50. The third-order valence-electron chi connectivity index (χ3n) is 3.39. The molecule has 6 nitrogen and oxygen atoms in total. The number of carbonyl (C=O) groups excluding carboxylic acids is 2. The number of anilines is 1. The van der Waals surface area contributed by atoms with Crippen molar-refractivity contribution in [1.29, 1.82) is 0 Å². The molecule has 0 radical (unpaired) electrons. The van der Waals surface area contributed by atoms with Crippen molar-refractivity contribution >= 4 is 17.8 Å². The first-order chi connectivity index (χ1) is 11.6. The zero-order chi connectivity index (χ0) is 17.5. The van der Waals surface area contributed by atoms with Crippen molar-refractivity contribution in [2.24, 2.45) is 0 Å². The van der Waals surface area contributed by atoms with E-state index in [0.717, 1.165) is 11.6 Å². The third kappa shape index (κ3) is 4.04. The van der Waals surface area contributed by atoms with E-state index in [0.29, 0.717) is 0 Å². The molecule has 0 bridgehead atoms. The summed E-state index contributed by atoms with van der Waals surface area (Å²) in [6, 6.07) is 8.70. The predicted octanol–water partition coefficient (Wildman–Crippen LogP) is 2.68. The Morgan fingerprint density at radius 3 is 2.58 bits per heavy atom. The van der Waals surface area contributed by atoms with Gasteiger partial charge in [0.2, 0.25) is 5.88 Å². The van der Waals surface area contributed by atoms with E-state index >= 15 is 0 Å². The highest BCUT2D eigenvalue weighted by atomic mass is 16.5. The lowest BCUT2D eigenvalue weighted by molar-refractivity contribution is -0.145. The molecule has 0 aliphatic carbocycles. The normalized spacial score (nSPS) is 11.5. The van der Waals surface area contributed by atoms with E-state index in [1.165, 1.54) is 23.3 Å². The summed E-state index contributed by atoms with van der Waals surface area (Å²) in [5.74, 6) is -0.660. The number of phenols is 1. The van der Waals surface area contributed by atoms with Crippen LogP contribution in [0.3, 0.4) is 0 Å². The lowest BCUT2D eigenvalue weighted by Crippen LogP contribution is -2.46. The number of phenolic OH excluding ortho intramolecular Hbond substituents is 1. The van der Waals surface area contributed by atoms with E-state index in [9.17, 15) is 14.7 Å². The molecule has 24 heavy (non-hydrogen) atoms. The van der Waals surface area contributed by atoms with Gasteiger partial charge in [-0.15, -0.1) is 0 Å². The highest BCUT2D eigenvalue weighted by Gasteiger charge is 2.33. The second-order valence-electron chi connectivity index (χ2n) is 5.00. The molecular formula is C18H19NO5. The summed E-state index contributed by atoms with van der Waals surface area (Å²) in [5, 5.41) is 9.39. The SMILES string of the molecule is C=CC(=O)N(c1ccco1)[C@@H](Cc1ccc(O)cc1)C(=O)OCC. The molecular weight excluding hydrogens is 310 g/mol. The molecule has 2 aromatic rings. The molecule has 0 unspecified atom stereocenters. The number of amides is 1. The molecule has 2 rings (SSSR count). The zero-order valence-electron chi connectivity index (χ0n) is 13.3. The number of ether oxygens (including phenoxy) is 1. The van der Waals surface area contributed by atoms with Crippen LogP contribution in [-0.4, -0.2) is 29.6 Å². The molecule has 1 aromatic carbocycles. The van der Waals surface area contributed by atoms with E-state index in [4.69, 9.17) is 9.15 Å². The van der Waals surface area contributed by atoms with Crippen LogP contribution in [0.25, 0.3) is 0 Å². The molecule has 0 fully saturated rings. The molecule has 0 saturated carbocycles. The number of benzene rings is 1. The molecule has 1 aromatic heterocycles. The highest BCUT2D eigenvalue weighted by molar-refractivity contribution is 6.04. The van der Waals surface area contributed by atoms with Gasteiger partial charge in [-0.05, 0) is 36.8 Å². The van der Waals surface area contributed by atoms with Crippen LogP contribution in [0.1, 0.15) is 12.5 Å². The number of hydrogen-bond acceptors (Lipinski definition) is 5. The summed E-state index contributed by atoms with van der Waals surface area (Å²) in [7, 11) is 0. The van der Waals surface area contributed by atoms with Crippen LogP contribution < -0.4 is 4.90 Å². The maximum Gasteiger partial charge on any atom is 0.329 e. The molecule has 0 aliphatic heterocycles. The molecule has 0 spiro atoms. The molecule has 1 amide bonds. The molecule has 1 atom stereocenters. The summed E-state index contributed by atoms with van der Waals surface area (Å²) in [4.78, 5) is 26.0. The van der Waals surface area contributed by atoms with Gasteiger partial charge < -0.3 is 14.3 Å². The summed E-state index contributed by atoms with van der Waals surface area (Å²) >= 11 is 0. The standard InChI is InChI=1S/C18H19NO5/c1-3-16(21)19(17-6-5-11-24-17)15(18(22)23-4-2)12-13-7-9-14(20)10-8-13/h3,5-11,15,20H,1,4,12H2,2H3/t15-/m0/s1. The average molecular weight is 329 g/mol. The number of furan rings is 1. The van der Waals surface area contributed by atoms with Gasteiger partial charge in [0.15, 0.2) is 0 Å². The molecule has 1 heterocycles. The van der Waals surface area contributed by atoms with Crippen molar-refractivity contribution in [3.05, 3.63) is 60.9 Å². The van der Waals surface area contributed by atoms with Crippen LogP contribution in [0.5, 0.6) is 5.75 Å². The van der Waals surface area contributed by atoms with Crippen molar-refractivity contribution in [2.45, 2.75) is 19.4 Å². The van der Waals surface area contributed by atoms with Crippen LogP contribution in [0, 0.1) is 0 Å². The summed E-state index contributed by atoms with van der Waals surface area (Å²) < 4.78 is 10.4. The Morgan fingerprint density at radius 2 is 2.04 bits per heavy atom. The molecule has 1 N–H and O–H groups in total. The van der Waals surface area contributed by atoms with Gasteiger partial charge in [-0.1, -0.05) is 18.7 Å². The van der Waals surface area contributed by atoms with Gasteiger partial charge >= 0.3 is 5.97 Å². The number of rotatable bonds is 7. The first kappa shape index (κ1) is 17.3. The Morgan fingerprint density at radius 1 is 1.33 bits per heavy atom. The van der Waals surface area contributed by atoms with Crippen LogP contribution in [0.2, 0.25) is 0 Å². The number of esters is 1.